The minimum atomic E-state index is 0.232. The molecule has 0 atom stereocenters. The largest absolute Gasteiger partial charge is 0.353 e. The summed E-state index contributed by atoms with van der Waals surface area (Å²) in [6.07, 6.45) is 4.18. The van der Waals surface area contributed by atoms with Crippen molar-refractivity contribution in [2.45, 2.75) is 44.7 Å². The van der Waals surface area contributed by atoms with E-state index in [0.29, 0.717) is 18.5 Å². The smallest absolute Gasteiger partial charge is 0.221 e. The molecule has 2 N–H and O–H groups in total. The van der Waals surface area contributed by atoms with Crippen LogP contribution in [0, 0.1) is 0 Å². The van der Waals surface area contributed by atoms with E-state index in [4.69, 9.17) is 0 Å². The number of hydrogen-bond acceptors (Lipinski definition) is 3. The number of nitrogens with zero attached hydrogens (tertiary/aromatic N) is 1. The summed E-state index contributed by atoms with van der Waals surface area (Å²) in [5.41, 5.74) is 0. The van der Waals surface area contributed by atoms with Crippen LogP contribution in [0.2, 0.25) is 0 Å². The van der Waals surface area contributed by atoms with Crippen LogP contribution in [0.1, 0.15) is 32.6 Å². The van der Waals surface area contributed by atoms with Gasteiger partial charge in [0.2, 0.25) is 5.91 Å². The van der Waals surface area contributed by atoms with Crippen LogP contribution in [0.3, 0.4) is 0 Å². The zero-order valence-corrected chi connectivity index (χ0v) is 10.2. The second-order valence-corrected chi connectivity index (χ2v) is 4.94. The molecule has 0 radical (unpaired) electrons. The maximum Gasteiger partial charge on any atom is 0.221 e. The number of nitrogens with one attached hydrogen (secondary N) is 2. The van der Waals surface area contributed by atoms with Gasteiger partial charge in [0.1, 0.15) is 0 Å². The summed E-state index contributed by atoms with van der Waals surface area (Å²) in [6.45, 7) is 6.40. The summed E-state index contributed by atoms with van der Waals surface area (Å²) in [7, 11) is 0. The summed E-state index contributed by atoms with van der Waals surface area (Å²) >= 11 is 0. The number of rotatable bonds is 7. The van der Waals surface area contributed by atoms with Gasteiger partial charge in [-0.3, -0.25) is 9.69 Å². The van der Waals surface area contributed by atoms with Gasteiger partial charge in [-0.25, -0.2) is 0 Å². The van der Waals surface area contributed by atoms with Gasteiger partial charge in [-0.15, -0.1) is 0 Å². The molecule has 0 spiro atoms. The van der Waals surface area contributed by atoms with Crippen molar-refractivity contribution in [1.29, 1.82) is 0 Å². The van der Waals surface area contributed by atoms with Gasteiger partial charge in [0.15, 0.2) is 0 Å². The van der Waals surface area contributed by atoms with E-state index >= 15 is 0 Å². The number of hydrogen-bond donors (Lipinski definition) is 2. The van der Waals surface area contributed by atoms with Gasteiger partial charge in [0.25, 0.3) is 0 Å². The zero-order valence-electron chi connectivity index (χ0n) is 10.2. The number of amides is 1. The molecule has 0 aromatic heterocycles. The first-order valence-corrected chi connectivity index (χ1v) is 6.53. The molecule has 2 fully saturated rings. The predicted molar refractivity (Wildman–Crippen MR) is 64.3 cm³/mol. The Morgan fingerprint density at radius 3 is 2.62 bits per heavy atom. The third-order valence-electron chi connectivity index (χ3n) is 3.36. The van der Waals surface area contributed by atoms with Crippen molar-refractivity contribution >= 4 is 5.91 Å². The first-order chi connectivity index (χ1) is 7.79. The molecule has 92 valence electrons. The topological polar surface area (TPSA) is 44.4 Å². The molecule has 1 saturated carbocycles. The lowest BCUT2D eigenvalue weighted by Crippen LogP contribution is -2.57. The minimum absolute atomic E-state index is 0.232. The van der Waals surface area contributed by atoms with Crippen molar-refractivity contribution in [2.75, 3.05) is 26.2 Å². The molecule has 1 heterocycles. The van der Waals surface area contributed by atoms with Crippen molar-refractivity contribution in [3.63, 3.8) is 0 Å². The van der Waals surface area contributed by atoms with Crippen LogP contribution in [0.4, 0.5) is 0 Å². The van der Waals surface area contributed by atoms with Gasteiger partial charge in [0, 0.05) is 38.1 Å². The molecule has 1 saturated heterocycles. The molecule has 0 unspecified atom stereocenters. The van der Waals surface area contributed by atoms with E-state index in [9.17, 15) is 4.79 Å². The first-order valence-electron chi connectivity index (χ1n) is 6.53. The average Bonchev–Trinajstić information content (AvgIpc) is 2.95. The van der Waals surface area contributed by atoms with Crippen LogP contribution >= 0.6 is 0 Å². The molecule has 4 heteroatoms. The van der Waals surface area contributed by atoms with Crippen molar-refractivity contribution in [2.24, 2.45) is 0 Å². The highest BCUT2D eigenvalue weighted by atomic mass is 16.1. The highest BCUT2D eigenvalue weighted by Crippen LogP contribution is 2.18. The number of carbonyl (C=O) groups is 1. The van der Waals surface area contributed by atoms with E-state index < -0.39 is 0 Å². The van der Waals surface area contributed by atoms with Gasteiger partial charge in [-0.1, -0.05) is 6.92 Å². The molecular formula is C12H23N3O. The Hall–Kier alpha value is -0.610. The van der Waals surface area contributed by atoms with Crippen LogP contribution in [-0.2, 0) is 4.79 Å². The number of carbonyl (C=O) groups excluding carboxylic acids is 1. The first kappa shape index (κ1) is 11.9. The zero-order chi connectivity index (χ0) is 11.4. The maximum atomic E-state index is 11.6. The Balaban J connectivity index is 1.65. The molecule has 16 heavy (non-hydrogen) atoms. The Kier molecular flexibility index (Phi) is 4.18. The van der Waals surface area contributed by atoms with Crippen molar-refractivity contribution in [3.8, 4) is 0 Å². The van der Waals surface area contributed by atoms with Crippen LogP contribution < -0.4 is 10.6 Å². The monoisotopic (exact) mass is 225 g/mol. The van der Waals surface area contributed by atoms with Crippen molar-refractivity contribution in [1.82, 2.24) is 15.5 Å². The van der Waals surface area contributed by atoms with E-state index in [1.165, 1.54) is 19.3 Å². The second kappa shape index (κ2) is 5.64. The lowest BCUT2D eigenvalue weighted by atomic mass is 10.1. The highest BCUT2D eigenvalue weighted by molar-refractivity contribution is 5.76. The molecule has 4 nitrogen and oxygen atoms in total. The molecule has 1 aliphatic heterocycles. The molecule has 0 aromatic rings. The van der Waals surface area contributed by atoms with Crippen molar-refractivity contribution < 1.29 is 4.79 Å². The van der Waals surface area contributed by atoms with Crippen molar-refractivity contribution in [3.05, 3.63) is 0 Å². The highest BCUT2D eigenvalue weighted by Gasteiger charge is 2.26. The van der Waals surface area contributed by atoms with E-state index in [1.54, 1.807) is 0 Å². The lowest BCUT2D eigenvalue weighted by molar-refractivity contribution is -0.121. The summed E-state index contributed by atoms with van der Waals surface area (Å²) in [5.74, 6) is 0.232. The Morgan fingerprint density at radius 2 is 2.12 bits per heavy atom. The minimum Gasteiger partial charge on any atom is -0.353 e. The van der Waals surface area contributed by atoms with Crippen LogP contribution in [0.5, 0.6) is 0 Å². The molecule has 2 aliphatic rings. The van der Waals surface area contributed by atoms with E-state index in [1.807, 2.05) is 0 Å². The fourth-order valence-electron chi connectivity index (χ4n) is 2.07. The molecule has 1 amide bonds. The Morgan fingerprint density at radius 1 is 1.38 bits per heavy atom. The fraction of sp³-hybridized carbons (Fsp3) is 0.917. The molecule has 1 aliphatic carbocycles. The van der Waals surface area contributed by atoms with E-state index in [0.717, 1.165) is 26.2 Å². The fourth-order valence-corrected chi connectivity index (χ4v) is 2.07. The van der Waals surface area contributed by atoms with Gasteiger partial charge in [-0.05, 0) is 25.8 Å². The summed E-state index contributed by atoms with van der Waals surface area (Å²) in [6, 6.07) is 1.16. The molecule has 2 rings (SSSR count). The lowest BCUT2D eigenvalue weighted by Gasteiger charge is -2.38. The summed E-state index contributed by atoms with van der Waals surface area (Å²) in [5, 5.41) is 6.33. The van der Waals surface area contributed by atoms with Gasteiger partial charge < -0.3 is 10.6 Å². The maximum absolute atomic E-state index is 11.6. The van der Waals surface area contributed by atoms with Crippen LogP contribution in [0.25, 0.3) is 0 Å². The Bertz CT molecular complexity index is 236. The molecule has 0 bridgehead atoms. The third kappa shape index (κ3) is 3.46. The standard InChI is InChI=1S/C12H23N3O/c1-2-6-15(11-8-13-9-11)7-5-12(16)14-10-3-4-10/h10-11,13H,2-9H2,1H3,(H,14,16). The molecular weight excluding hydrogens is 202 g/mol. The predicted octanol–water partition coefficient (Wildman–Crippen LogP) is 0.339. The van der Waals surface area contributed by atoms with Crippen LogP contribution in [0.15, 0.2) is 0 Å². The summed E-state index contributed by atoms with van der Waals surface area (Å²) < 4.78 is 0. The SMILES string of the molecule is CCCN(CCC(=O)NC1CC1)C1CNC1. The quantitative estimate of drug-likeness (QED) is 0.656. The second-order valence-electron chi connectivity index (χ2n) is 4.94. The van der Waals surface area contributed by atoms with E-state index in [2.05, 4.69) is 22.5 Å². The molecule has 0 aromatic carbocycles. The van der Waals surface area contributed by atoms with Crippen LogP contribution in [-0.4, -0.2) is 49.1 Å². The van der Waals surface area contributed by atoms with Gasteiger partial charge in [-0.2, -0.15) is 0 Å². The van der Waals surface area contributed by atoms with Gasteiger partial charge in [0.05, 0.1) is 0 Å². The normalized spacial score (nSPS) is 20.9. The third-order valence-corrected chi connectivity index (χ3v) is 3.36. The van der Waals surface area contributed by atoms with Gasteiger partial charge >= 0.3 is 0 Å². The van der Waals surface area contributed by atoms with E-state index in [-0.39, 0.29) is 5.91 Å². The summed E-state index contributed by atoms with van der Waals surface area (Å²) in [4.78, 5) is 14.0. The average molecular weight is 225 g/mol. The Labute approximate surface area is 97.8 Å².